The lowest BCUT2D eigenvalue weighted by molar-refractivity contribution is 0.126. The van der Waals surface area contributed by atoms with Gasteiger partial charge in [0.15, 0.2) is 0 Å². The van der Waals surface area contributed by atoms with Crippen molar-refractivity contribution in [3.8, 4) is 0 Å². The quantitative estimate of drug-likeness (QED) is 0.869. The van der Waals surface area contributed by atoms with Gasteiger partial charge in [0.05, 0.1) is 11.9 Å². The molecule has 1 atom stereocenters. The van der Waals surface area contributed by atoms with Crippen LogP contribution in [0.5, 0.6) is 0 Å². The number of nitrogen functional groups attached to an aromatic ring is 1. The molecule has 2 saturated carbocycles. The van der Waals surface area contributed by atoms with Crippen molar-refractivity contribution >= 4 is 5.82 Å². The van der Waals surface area contributed by atoms with Gasteiger partial charge in [0.25, 0.3) is 0 Å². The van der Waals surface area contributed by atoms with E-state index < -0.39 is 0 Å². The summed E-state index contributed by atoms with van der Waals surface area (Å²) in [6, 6.07) is 0.633. The third kappa shape index (κ3) is 2.71. The molecule has 2 fully saturated rings. The molecule has 4 nitrogen and oxygen atoms in total. The second-order valence-electron chi connectivity index (χ2n) is 6.85. The maximum absolute atomic E-state index is 5.77. The zero-order valence-electron chi connectivity index (χ0n) is 12.6. The van der Waals surface area contributed by atoms with Gasteiger partial charge in [0.1, 0.15) is 5.82 Å². The van der Waals surface area contributed by atoms with Gasteiger partial charge in [0.2, 0.25) is 0 Å². The van der Waals surface area contributed by atoms with Gasteiger partial charge < -0.3 is 15.6 Å². The Morgan fingerprint density at radius 3 is 2.65 bits per heavy atom. The number of nitrogens with two attached hydrogens (primary N) is 1. The molecule has 0 radical (unpaired) electrons. The van der Waals surface area contributed by atoms with Gasteiger partial charge in [-0.25, -0.2) is 4.98 Å². The van der Waals surface area contributed by atoms with Crippen molar-refractivity contribution < 1.29 is 0 Å². The van der Waals surface area contributed by atoms with Crippen LogP contribution in [-0.4, -0.2) is 22.1 Å². The summed E-state index contributed by atoms with van der Waals surface area (Å²) >= 11 is 0. The summed E-state index contributed by atoms with van der Waals surface area (Å²) in [5.41, 5.74) is 6.00. The summed E-state index contributed by atoms with van der Waals surface area (Å²) in [6.07, 6.45) is 14.8. The molecule has 3 rings (SSSR count). The highest BCUT2D eigenvalue weighted by molar-refractivity contribution is 5.24. The molecule has 1 aromatic rings. The fourth-order valence-corrected chi connectivity index (χ4v) is 3.86. The molecule has 1 heterocycles. The summed E-state index contributed by atoms with van der Waals surface area (Å²) in [5, 5.41) is 3.81. The van der Waals surface area contributed by atoms with E-state index in [-0.39, 0.29) is 5.54 Å². The summed E-state index contributed by atoms with van der Waals surface area (Å²) in [6.45, 7) is 3.42. The van der Waals surface area contributed by atoms with Crippen molar-refractivity contribution in [3.63, 3.8) is 0 Å². The molecule has 0 aliphatic heterocycles. The molecule has 0 aromatic carbocycles. The molecular weight excluding hydrogens is 248 g/mol. The molecule has 2 aliphatic rings. The smallest absolute Gasteiger partial charge is 0.141 e. The number of nitrogens with one attached hydrogen (secondary N) is 1. The third-order valence-corrected chi connectivity index (χ3v) is 5.54. The molecule has 2 aliphatic carbocycles. The van der Waals surface area contributed by atoms with Crippen molar-refractivity contribution in [2.45, 2.75) is 69.9 Å². The molecule has 0 unspecified atom stereocenters. The Bertz CT molecular complexity index is 429. The molecule has 0 amide bonds. The monoisotopic (exact) mass is 276 g/mol. The number of anilines is 1. The summed E-state index contributed by atoms with van der Waals surface area (Å²) in [5.74, 6) is 1.50. The standard InChI is InChI=1S/C16H28N4/c1-13(14-6-3-2-4-7-14)18-11-16(8-5-9-16)20-10-15(17)19-12-20/h10,12-14,18H,2-9,11,17H2,1H3/t13-/m1/s1. The third-order valence-electron chi connectivity index (χ3n) is 5.54. The second-order valence-corrected chi connectivity index (χ2v) is 6.85. The van der Waals surface area contributed by atoms with E-state index in [9.17, 15) is 0 Å². The van der Waals surface area contributed by atoms with E-state index in [2.05, 4.69) is 21.8 Å². The van der Waals surface area contributed by atoms with Crippen LogP contribution in [0.15, 0.2) is 12.5 Å². The zero-order valence-corrected chi connectivity index (χ0v) is 12.6. The van der Waals surface area contributed by atoms with Gasteiger partial charge in [-0.05, 0) is 44.9 Å². The normalized spacial score (nSPS) is 24.2. The average molecular weight is 276 g/mol. The highest BCUT2D eigenvalue weighted by atomic mass is 15.2. The summed E-state index contributed by atoms with van der Waals surface area (Å²) in [4.78, 5) is 4.19. The Labute approximate surface area is 122 Å². The highest BCUT2D eigenvalue weighted by Gasteiger charge is 2.39. The highest BCUT2D eigenvalue weighted by Crippen LogP contribution is 2.39. The topological polar surface area (TPSA) is 55.9 Å². The lowest BCUT2D eigenvalue weighted by Crippen LogP contribution is -2.51. The van der Waals surface area contributed by atoms with Crippen LogP contribution in [-0.2, 0) is 5.54 Å². The van der Waals surface area contributed by atoms with Crippen LogP contribution in [0.2, 0.25) is 0 Å². The fourth-order valence-electron chi connectivity index (χ4n) is 3.86. The predicted octanol–water partition coefficient (Wildman–Crippen LogP) is 2.90. The molecule has 3 N–H and O–H groups in total. The van der Waals surface area contributed by atoms with Gasteiger partial charge in [0, 0.05) is 18.8 Å². The molecule has 0 saturated heterocycles. The van der Waals surface area contributed by atoms with Crippen molar-refractivity contribution in [2.75, 3.05) is 12.3 Å². The Balaban J connectivity index is 1.58. The molecule has 20 heavy (non-hydrogen) atoms. The Kier molecular flexibility index (Phi) is 4.01. The van der Waals surface area contributed by atoms with Gasteiger partial charge >= 0.3 is 0 Å². The van der Waals surface area contributed by atoms with Gasteiger partial charge in [-0.1, -0.05) is 19.3 Å². The van der Waals surface area contributed by atoms with Gasteiger partial charge in [-0.15, -0.1) is 0 Å². The maximum atomic E-state index is 5.77. The Morgan fingerprint density at radius 1 is 1.35 bits per heavy atom. The zero-order chi connectivity index (χ0) is 14.0. The first kappa shape index (κ1) is 13.9. The minimum Gasteiger partial charge on any atom is -0.382 e. The van der Waals surface area contributed by atoms with E-state index in [1.165, 1.54) is 51.4 Å². The van der Waals surface area contributed by atoms with Crippen molar-refractivity contribution in [3.05, 3.63) is 12.5 Å². The van der Waals surface area contributed by atoms with Crippen LogP contribution >= 0.6 is 0 Å². The van der Waals surface area contributed by atoms with Gasteiger partial charge in [-0.3, -0.25) is 0 Å². The van der Waals surface area contributed by atoms with Gasteiger partial charge in [-0.2, -0.15) is 0 Å². The molecule has 0 spiro atoms. The number of imidazole rings is 1. The van der Waals surface area contributed by atoms with E-state index in [4.69, 9.17) is 5.73 Å². The fraction of sp³-hybridized carbons (Fsp3) is 0.812. The van der Waals surface area contributed by atoms with Crippen molar-refractivity contribution in [2.24, 2.45) is 5.92 Å². The lowest BCUT2D eigenvalue weighted by atomic mass is 9.75. The maximum Gasteiger partial charge on any atom is 0.141 e. The second kappa shape index (κ2) is 5.76. The molecule has 0 bridgehead atoms. The van der Waals surface area contributed by atoms with E-state index >= 15 is 0 Å². The molecule has 1 aromatic heterocycles. The number of aromatic nitrogens is 2. The SMILES string of the molecule is C[C@@H](NCC1(n2cnc(N)c2)CCC1)C1CCCCC1. The number of hydrogen-bond donors (Lipinski definition) is 2. The van der Waals surface area contributed by atoms with Crippen LogP contribution in [0.1, 0.15) is 58.3 Å². The van der Waals surface area contributed by atoms with E-state index in [1.54, 1.807) is 0 Å². The first-order valence-electron chi connectivity index (χ1n) is 8.23. The minimum atomic E-state index is 0.230. The minimum absolute atomic E-state index is 0.230. The first-order chi connectivity index (χ1) is 9.70. The first-order valence-corrected chi connectivity index (χ1v) is 8.23. The van der Waals surface area contributed by atoms with Crippen LogP contribution in [0, 0.1) is 5.92 Å². The van der Waals surface area contributed by atoms with Crippen LogP contribution < -0.4 is 11.1 Å². The largest absolute Gasteiger partial charge is 0.382 e. The summed E-state index contributed by atoms with van der Waals surface area (Å²) < 4.78 is 2.24. The average Bonchev–Trinajstić information content (AvgIpc) is 2.85. The van der Waals surface area contributed by atoms with Crippen molar-refractivity contribution in [1.82, 2.24) is 14.9 Å². The molecule has 112 valence electrons. The predicted molar refractivity (Wildman–Crippen MR) is 82.5 cm³/mol. The van der Waals surface area contributed by atoms with Crippen molar-refractivity contribution in [1.29, 1.82) is 0 Å². The van der Waals surface area contributed by atoms with Crippen LogP contribution in [0.25, 0.3) is 0 Å². The van der Waals surface area contributed by atoms with E-state index in [1.807, 2.05) is 12.5 Å². The Morgan fingerprint density at radius 2 is 2.10 bits per heavy atom. The Hall–Kier alpha value is -1.03. The van der Waals surface area contributed by atoms with E-state index in [0.717, 1.165) is 12.5 Å². The number of rotatable bonds is 5. The summed E-state index contributed by atoms with van der Waals surface area (Å²) in [7, 11) is 0. The van der Waals surface area contributed by atoms with Crippen LogP contribution in [0.4, 0.5) is 5.82 Å². The van der Waals surface area contributed by atoms with E-state index in [0.29, 0.717) is 11.9 Å². The molecule has 4 heteroatoms. The number of hydrogen-bond acceptors (Lipinski definition) is 3. The lowest BCUT2D eigenvalue weighted by Gasteiger charge is -2.44. The molecular formula is C16H28N4. The number of nitrogens with zero attached hydrogens (tertiary/aromatic N) is 2. The van der Waals surface area contributed by atoms with Crippen LogP contribution in [0.3, 0.4) is 0 Å².